The van der Waals surface area contributed by atoms with E-state index in [0.29, 0.717) is 6.10 Å². The lowest BCUT2D eigenvalue weighted by molar-refractivity contribution is 0.154. The fourth-order valence-corrected chi connectivity index (χ4v) is 4.38. The molecule has 31 heavy (non-hydrogen) atoms. The van der Waals surface area contributed by atoms with Gasteiger partial charge in [0.15, 0.2) is 0 Å². The van der Waals surface area contributed by atoms with E-state index in [0.717, 1.165) is 63.0 Å². The Morgan fingerprint density at radius 1 is 0.903 bits per heavy atom. The van der Waals surface area contributed by atoms with Crippen LogP contribution in [0.1, 0.15) is 32.1 Å². The first-order chi connectivity index (χ1) is 15.3. The zero-order valence-corrected chi connectivity index (χ0v) is 17.0. The number of H-pyrrole nitrogens is 2. The summed E-state index contributed by atoms with van der Waals surface area (Å²) in [4.78, 5) is 16.7. The molecule has 0 saturated heterocycles. The Morgan fingerprint density at radius 2 is 1.84 bits per heavy atom. The predicted molar refractivity (Wildman–Crippen MR) is 120 cm³/mol. The molecule has 1 aliphatic rings. The summed E-state index contributed by atoms with van der Waals surface area (Å²) in [5.41, 5.74) is 5.50. The first-order valence-corrected chi connectivity index (χ1v) is 10.7. The third-order valence-electron chi connectivity index (χ3n) is 5.99. The van der Waals surface area contributed by atoms with Crippen molar-refractivity contribution in [1.29, 1.82) is 0 Å². The number of pyridine rings is 3. The minimum absolute atomic E-state index is 0.290. The second-order valence-corrected chi connectivity index (χ2v) is 8.12. The van der Waals surface area contributed by atoms with E-state index in [2.05, 4.69) is 42.3 Å². The molecule has 0 aromatic carbocycles. The highest BCUT2D eigenvalue weighted by Gasteiger charge is 2.16. The molecule has 0 atom stereocenters. The molecular formula is C24H22N6O. The minimum Gasteiger partial charge on any atom is -0.489 e. The van der Waals surface area contributed by atoms with Crippen LogP contribution >= 0.6 is 0 Å². The first-order valence-electron chi connectivity index (χ1n) is 10.7. The van der Waals surface area contributed by atoms with Gasteiger partial charge in [0.05, 0.1) is 35.4 Å². The molecule has 1 fully saturated rings. The summed E-state index contributed by atoms with van der Waals surface area (Å²) in [5, 5.41) is 9.68. The van der Waals surface area contributed by atoms with Crippen LogP contribution in [0.3, 0.4) is 0 Å². The molecule has 0 aliphatic heterocycles. The molecule has 1 saturated carbocycles. The zero-order valence-electron chi connectivity index (χ0n) is 17.0. The third-order valence-corrected chi connectivity index (χ3v) is 5.99. The van der Waals surface area contributed by atoms with E-state index in [1.165, 1.54) is 19.3 Å². The SMILES string of the molecule is c1cc2[nH]c(-c3n[nH]c4cnc(-c5cncc(OC6CCCCC6)c5)cc34)cc2cn1. The van der Waals surface area contributed by atoms with Crippen molar-refractivity contribution in [3.05, 3.63) is 55.2 Å². The Balaban J connectivity index is 1.36. The largest absolute Gasteiger partial charge is 0.489 e. The van der Waals surface area contributed by atoms with Gasteiger partial charge in [0.1, 0.15) is 11.4 Å². The van der Waals surface area contributed by atoms with Gasteiger partial charge in [0, 0.05) is 40.4 Å². The van der Waals surface area contributed by atoms with Crippen molar-refractivity contribution in [2.24, 2.45) is 0 Å². The van der Waals surface area contributed by atoms with Crippen LogP contribution in [0.25, 0.3) is 44.5 Å². The number of fused-ring (bicyclic) bond motifs is 2. The highest BCUT2D eigenvalue weighted by molar-refractivity contribution is 5.96. The van der Waals surface area contributed by atoms with E-state index in [1.54, 1.807) is 12.4 Å². The van der Waals surface area contributed by atoms with E-state index in [-0.39, 0.29) is 0 Å². The van der Waals surface area contributed by atoms with Gasteiger partial charge in [0.25, 0.3) is 0 Å². The van der Waals surface area contributed by atoms with Gasteiger partial charge >= 0.3 is 0 Å². The van der Waals surface area contributed by atoms with Gasteiger partial charge in [-0.1, -0.05) is 6.42 Å². The molecular weight excluding hydrogens is 388 g/mol. The van der Waals surface area contributed by atoms with Crippen LogP contribution in [0.4, 0.5) is 0 Å². The van der Waals surface area contributed by atoms with E-state index >= 15 is 0 Å². The van der Waals surface area contributed by atoms with Crippen LogP contribution < -0.4 is 4.74 Å². The molecule has 1 aliphatic carbocycles. The van der Waals surface area contributed by atoms with Gasteiger partial charge in [-0.15, -0.1) is 0 Å². The second-order valence-electron chi connectivity index (χ2n) is 8.12. The molecule has 6 rings (SSSR count). The maximum Gasteiger partial charge on any atom is 0.138 e. The maximum atomic E-state index is 6.20. The van der Waals surface area contributed by atoms with Gasteiger partial charge in [-0.3, -0.25) is 20.1 Å². The number of aromatic nitrogens is 6. The summed E-state index contributed by atoms with van der Waals surface area (Å²) in [6, 6.07) is 8.12. The van der Waals surface area contributed by atoms with E-state index in [4.69, 9.17) is 4.74 Å². The number of hydrogen-bond donors (Lipinski definition) is 2. The molecule has 0 unspecified atom stereocenters. The third kappa shape index (κ3) is 3.42. The number of hydrogen-bond acceptors (Lipinski definition) is 5. The summed E-state index contributed by atoms with van der Waals surface area (Å²) in [6.07, 6.45) is 15.4. The number of ether oxygens (including phenoxy) is 1. The Labute approximate surface area is 178 Å². The van der Waals surface area contributed by atoms with Crippen LogP contribution in [0.15, 0.2) is 55.2 Å². The average Bonchev–Trinajstić information content (AvgIpc) is 3.43. The van der Waals surface area contributed by atoms with Crippen LogP contribution in [0, 0.1) is 0 Å². The van der Waals surface area contributed by atoms with Crippen LogP contribution in [-0.4, -0.2) is 36.2 Å². The second kappa shape index (κ2) is 7.50. The van der Waals surface area contributed by atoms with Gasteiger partial charge in [-0.25, -0.2) is 0 Å². The fraction of sp³-hybridized carbons (Fsp3) is 0.250. The van der Waals surface area contributed by atoms with Crippen LogP contribution in [0.2, 0.25) is 0 Å². The summed E-state index contributed by atoms with van der Waals surface area (Å²) < 4.78 is 6.20. The lowest BCUT2D eigenvalue weighted by Gasteiger charge is -2.22. The van der Waals surface area contributed by atoms with Crippen molar-refractivity contribution in [3.8, 4) is 28.4 Å². The summed E-state index contributed by atoms with van der Waals surface area (Å²) >= 11 is 0. The Kier molecular flexibility index (Phi) is 4.37. The number of nitrogens with one attached hydrogen (secondary N) is 2. The smallest absolute Gasteiger partial charge is 0.138 e. The zero-order chi connectivity index (χ0) is 20.6. The van der Waals surface area contributed by atoms with Crippen molar-refractivity contribution in [1.82, 2.24) is 30.1 Å². The van der Waals surface area contributed by atoms with Crippen molar-refractivity contribution in [3.63, 3.8) is 0 Å². The van der Waals surface area contributed by atoms with Gasteiger partial charge in [-0.05, 0) is 49.9 Å². The Bertz CT molecular complexity index is 1330. The molecule has 5 heterocycles. The minimum atomic E-state index is 0.290. The lowest BCUT2D eigenvalue weighted by atomic mass is 9.98. The molecule has 0 radical (unpaired) electrons. The fourth-order valence-electron chi connectivity index (χ4n) is 4.38. The maximum absolute atomic E-state index is 6.20. The van der Waals surface area contributed by atoms with E-state index in [9.17, 15) is 0 Å². The molecule has 5 aromatic rings. The van der Waals surface area contributed by atoms with E-state index < -0.39 is 0 Å². The summed E-state index contributed by atoms with van der Waals surface area (Å²) in [5.74, 6) is 0.807. The quantitative estimate of drug-likeness (QED) is 0.421. The highest BCUT2D eigenvalue weighted by atomic mass is 16.5. The van der Waals surface area contributed by atoms with E-state index in [1.807, 2.05) is 30.7 Å². The molecule has 7 heteroatoms. The van der Waals surface area contributed by atoms with Crippen LogP contribution in [-0.2, 0) is 0 Å². The summed E-state index contributed by atoms with van der Waals surface area (Å²) in [6.45, 7) is 0. The topological polar surface area (TPSA) is 92.4 Å². The Hall–Kier alpha value is -3.74. The number of nitrogens with zero attached hydrogens (tertiary/aromatic N) is 4. The predicted octanol–water partition coefficient (Wildman–Crippen LogP) is 5.27. The van der Waals surface area contributed by atoms with Crippen molar-refractivity contribution >= 4 is 21.8 Å². The van der Waals surface area contributed by atoms with Crippen molar-refractivity contribution in [2.45, 2.75) is 38.2 Å². The first kappa shape index (κ1) is 18.1. The molecule has 7 nitrogen and oxygen atoms in total. The molecule has 0 amide bonds. The number of rotatable bonds is 4. The van der Waals surface area contributed by atoms with Gasteiger partial charge in [-0.2, -0.15) is 5.10 Å². The molecule has 0 spiro atoms. The monoisotopic (exact) mass is 410 g/mol. The van der Waals surface area contributed by atoms with Gasteiger partial charge < -0.3 is 9.72 Å². The molecule has 5 aromatic heterocycles. The Morgan fingerprint density at radius 3 is 2.74 bits per heavy atom. The lowest BCUT2D eigenvalue weighted by Crippen LogP contribution is -2.19. The highest BCUT2D eigenvalue weighted by Crippen LogP contribution is 2.31. The summed E-state index contributed by atoms with van der Waals surface area (Å²) in [7, 11) is 0. The average molecular weight is 410 g/mol. The molecule has 0 bridgehead atoms. The normalized spacial score (nSPS) is 15.0. The van der Waals surface area contributed by atoms with Crippen LogP contribution in [0.5, 0.6) is 5.75 Å². The van der Waals surface area contributed by atoms with Crippen molar-refractivity contribution in [2.75, 3.05) is 0 Å². The molecule has 154 valence electrons. The number of aromatic amines is 2. The van der Waals surface area contributed by atoms with Crippen molar-refractivity contribution < 1.29 is 4.74 Å². The van der Waals surface area contributed by atoms with Gasteiger partial charge in [0.2, 0.25) is 0 Å². The molecule has 2 N–H and O–H groups in total. The standard InChI is InChI=1S/C24H22N6O/c1-2-4-17(5-3-1)31-18-8-15(12-26-13-18)21-10-19-23(14-27-21)29-30-24(19)22-9-16-11-25-7-6-20(16)28-22/h6-14,17,28H,1-5H2,(H,29,30).